The molecule has 1 saturated carbocycles. The summed E-state index contributed by atoms with van der Waals surface area (Å²) < 4.78 is 0. The average Bonchev–Trinajstić information content (AvgIpc) is 3.69. The summed E-state index contributed by atoms with van der Waals surface area (Å²) in [5.74, 6) is 3.93. The molecule has 3 rings (SSSR count). The Hall–Kier alpha value is -3.67. The van der Waals surface area contributed by atoms with Gasteiger partial charge in [-0.3, -0.25) is 24.5 Å². The lowest BCUT2D eigenvalue weighted by molar-refractivity contribution is -0.140. The van der Waals surface area contributed by atoms with Crippen LogP contribution in [0, 0.1) is 11.8 Å². The molecule has 0 spiro atoms. The van der Waals surface area contributed by atoms with E-state index < -0.39 is 23.8 Å². The van der Waals surface area contributed by atoms with Crippen molar-refractivity contribution in [2.75, 3.05) is 21.1 Å². The highest BCUT2D eigenvalue weighted by molar-refractivity contribution is 6.08. The Morgan fingerprint density at radius 3 is 2.00 bits per heavy atom. The summed E-state index contributed by atoms with van der Waals surface area (Å²) in [6, 6.07) is 14.0. The maximum absolute atomic E-state index is 12.7. The van der Waals surface area contributed by atoms with Crippen LogP contribution in [0.3, 0.4) is 0 Å². The minimum absolute atomic E-state index is 0.284. The van der Waals surface area contributed by atoms with Crippen molar-refractivity contribution in [3.05, 3.63) is 70.8 Å². The zero-order valence-electron chi connectivity index (χ0n) is 19.0. The first-order valence-corrected chi connectivity index (χ1v) is 10.7. The maximum atomic E-state index is 12.7. The molecular weight excluding hydrogens is 420 g/mol. The van der Waals surface area contributed by atoms with Gasteiger partial charge in [0.05, 0.1) is 0 Å². The smallest absolute Gasteiger partial charge is 0.275 e. The summed E-state index contributed by atoms with van der Waals surface area (Å²) in [4.78, 5) is 39.9. The van der Waals surface area contributed by atoms with E-state index in [9.17, 15) is 14.4 Å². The lowest BCUT2D eigenvalue weighted by Gasteiger charge is -2.25. The normalized spacial score (nSPS) is 13.5. The monoisotopic (exact) mass is 448 g/mol. The Labute approximate surface area is 193 Å². The van der Waals surface area contributed by atoms with E-state index >= 15 is 0 Å². The highest BCUT2D eigenvalue weighted by Crippen LogP contribution is 2.26. The number of nitrogens with one attached hydrogen (secondary N) is 2. The van der Waals surface area contributed by atoms with E-state index in [0.29, 0.717) is 0 Å². The van der Waals surface area contributed by atoms with Crippen LogP contribution in [0.15, 0.2) is 48.5 Å². The van der Waals surface area contributed by atoms with E-state index in [4.69, 9.17) is 5.21 Å². The highest BCUT2D eigenvalue weighted by atomic mass is 16.5. The van der Waals surface area contributed by atoms with Crippen molar-refractivity contribution in [3.8, 4) is 11.8 Å². The third-order valence-electron chi connectivity index (χ3n) is 5.60. The molecule has 0 saturated heterocycles. The highest BCUT2D eigenvalue weighted by Gasteiger charge is 2.33. The van der Waals surface area contributed by atoms with Gasteiger partial charge in [0, 0.05) is 43.4 Å². The number of hydrogen-bond donors (Lipinski definition) is 3. The Balaban J connectivity index is 1.65. The summed E-state index contributed by atoms with van der Waals surface area (Å²) >= 11 is 0. The van der Waals surface area contributed by atoms with Gasteiger partial charge in [0.1, 0.15) is 0 Å². The molecular formula is C25H28N4O4. The molecule has 1 atom stereocenters. The van der Waals surface area contributed by atoms with Crippen molar-refractivity contribution in [1.29, 1.82) is 0 Å². The second kappa shape index (κ2) is 10.8. The molecule has 2 aromatic carbocycles. The van der Waals surface area contributed by atoms with Gasteiger partial charge >= 0.3 is 0 Å². The van der Waals surface area contributed by atoms with Crippen LogP contribution in [0.5, 0.6) is 0 Å². The van der Waals surface area contributed by atoms with E-state index in [1.54, 1.807) is 24.3 Å². The van der Waals surface area contributed by atoms with Gasteiger partial charge in [0.15, 0.2) is 6.04 Å². The zero-order valence-corrected chi connectivity index (χ0v) is 19.0. The number of rotatable bonds is 7. The van der Waals surface area contributed by atoms with Gasteiger partial charge in [-0.05, 0) is 61.9 Å². The third-order valence-corrected chi connectivity index (χ3v) is 5.60. The molecule has 0 aromatic heterocycles. The van der Waals surface area contributed by atoms with Gasteiger partial charge < -0.3 is 10.2 Å². The molecule has 8 nitrogen and oxygen atoms in total. The van der Waals surface area contributed by atoms with Crippen molar-refractivity contribution in [2.24, 2.45) is 0 Å². The SMILES string of the molecule is CNC(=O)C(C(=O)NO)N(C)C(=O)c1ccc(C#Cc2ccc(CN(C)C3CC3)cc2)cc1. The molecule has 1 unspecified atom stereocenters. The molecule has 0 aliphatic heterocycles. The quantitative estimate of drug-likeness (QED) is 0.257. The molecule has 33 heavy (non-hydrogen) atoms. The van der Waals surface area contributed by atoms with Crippen LogP contribution in [0.4, 0.5) is 0 Å². The van der Waals surface area contributed by atoms with Gasteiger partial charge in [-0.2, -0.15) is 0 Å². The topological polar surface area (TPSA) is 102 Å². The van der Waals surface area contributed by atoms with Crippen LogP contribution in [0.1, 0.15) is 39.9 Å². The third kappa shape index (κ3) is 6.19. The minimum atomic E-state index is -1.50. The summed E-state index contributed by atoms with van der Waals surface area (Å²) in [5.41, 5.74) is 4.58. The first kappa shape index (κ1) is 24.0. The number of hydroxylamine groups is 1. The van der Waals surface area contributed by atoms with E-state index in [1.165, 1.54) is 38.0 Å². The van der Waals surface area contributed by atoms with Crippen LogP contribution < -0.4 is 10.8 Å². The Bertz CT molecular complexity index is 1050. The van der Waals surface area contributed by atoms with Crippen LogP contribution in [-0.4, -0.2) is 66.0 Å². The molecule has 1 aliphatic rings. The second-order valence-electron chi connectivity index (χ2n) is 8.08. The fourth-order valence-corrected chi connectivity index (χ4v) is 3.46. The average molecular weight is 449 g/mol. The van der Waals surface area contributed by atoms with E-state index in [2.05, 4.69) is 41.2 Å². The van der Waals surface area contributed by atoms with Crippen molar-refractivity contribution in [3.63, 3.8) is 0 Å². The van der Waals surface area contributed by atoms with Crippen LogP contribution in [0.25, 0.3) is 0 Å². The van der Waals surface area contributed by atoms with E-state index in [0.717, 1.165) is 28.6 Å². The number of carbonyl (C=O) groups excluding carboxylic acids is 3. The summed E-state index contributed by atoms with van der Waals surface area (Å²) in [7, 11) is 4.81. The van der Waals surface area contributed by atoms with Crippen molar-refractivity contribution in [2.45, 2.75) is 31.5 Å². The molecule has 1 fully saturated rings. The summed E-state index contributed by atoms with van der Waals surface area (Å²) in [6.45, 7) is 0.934. The van der Waals surface area contributed by atoms with Crippen LogP contribution in [0.2, 0.25) is 0 Å². The molecule has 3 amide bonds. The van der Waals surface area contributed by atoms with Crippen molar-refractivity contribution >= 4 is 17.7 Å². The number of hydrogen-bond acceptors (Lipinski definition) is 5. The van der Waals surface area contributed by atoms with E-state index in [-0.39, 0.29) is 5.56 Å². The van der Waals surface area contributed by atoms with Gasteiger partial charge in [0.2, 0.25) is 0 Å². The number of nitrogens with zero attached hydrogens (tertiary/aromatic N) is 2. The first-order valence-electron chi connectivity index (χ1n) is 10.7. The molecule has 8 heteroatoms. The maximum Gasteiger partial charge on any atom is 0.275 e. The molecule has 3 N–H and O–H groups in total. The molecule has 2 aromatic rings. The number of carbonyl (C=O) groups is 3. The fraction of sp³-hybridized carbons (Fsp3) is 0.320. The van der Waals surface area contributed by atoms with E-state index in [1.807, 2.05) is 12.1 Å². The zero-order chi connectivity index (χ0) is 24.0. The van der Waals surface area contributed by atoms with Crippen LogP contribution in [-0.2, 0) is 16.1 Å². The Morgan fingerprint density at radius 2 is 1.52 bits per heavy atom. The molecule has 0 bridgehead atoms. The van der Waals surface area contributed by atoms with Gasteiger partial charge in [-0.25, -0.2) is 5.48 Å². The van der Waals surface area contributed by atoms with Crippen molar-refractivity contribution < 1.29 is 19.6 Å². The molecule has 0 radical (unpaired) electrons. The molecule has 172 valence electrons. The Morgan fingerprint density at radius 1 is 0.970 bits per heavy atom. The summed E-state index contributed by atoms with van der Waals surface area (Å²) in [5, 5.41) is 11.2. The molecule has 1 aliphatic carbocycles. The van der Waals surface area contributed by atoms with Crippen LogP contribution >= 0.6 is 0 Å². The van der Waals surface area contributed by atoms with Gasteiger partial charge in [-0.15, -0.1) is 0 Å². The standard InChI is InChI=1S/C25H28N4O4/c1-26-23(30)22(24(31)27-33)29(3)25(32)20-12-10-18(11-13-20)5-4-17-6-8-19(9-7-17)16-28(2)21-14-15-21/h6-13,21-22,33H,14-16H2,1-3H3,(H,26,30)(H,27,31). The first-order chi connectivity index (χ1) is 15.8. The number of likely N-dealkylation sites (N-methyl/N-ethyl adjacent to an activating group) is 2. The van der Waals surface area contributed by atoms with Gasteiger partial charge in [0.25, 0.3) is 17.7 Å². The van der Waals surface area contributed by atoms with Gasteiger partial charge in [-0.1, -0.05) is 24.0 Å². The van der Waals surface area contributed by atoms with Crippen molar-refractivity contribution in [1.82, 2.24) is 20.6 Å². The second-order valence-corrected chi connectivity index (χ2v) is 8.08. The number of benzene rings is 2. The number of amides is 3. The molecule has 0 heterocycles. The predicted molar refractivity (Wildman–Crippen MR) is 123 cm³/mol. The fourth-order valence-electron chi connectivity index (χ4n) is 3.46. The lowest BCUT2D eigenvalue weighted by atomic mass is 10.1. The Kier molecular flexibility index (Phi) is 7.83. The largest absolute Gasteiger partial charge is 0.357 e. The predicted octanol–water partition coefficient (Wildman–Crippen LogP) is 1.37. The lowest BCUT2D eigenvalue weighted by Crippen LogP contribution is -2.54. The summed E-state index contributed by atoms with van der Waals surface area (Å²) in [6.07, 6.45) is 2.57. The minimum Gasteiger partial charge on any atom is -0.357 e.